The maximum atomic E-state index is 12.0. The Morgan fingerprint density at radius 3 is 2.48 bits per heavy atom. The molecule has 0 aliphatic carbocycles. The van der Waals surface area contributed by atoms with E-state index in [2.05, 4.69) is 10.5 Å². The van der Waals surface area contributed by atoms with Crippen LogP contribution in [-0.4, -0.2) is 28.8 Å². The Morgan fingerprint density at radius 2 is 1.76 bits per heavy atom. The molecule has 0 radical (unpaired) electrons. The number of aliphatic hydroxyl groups excluding tert-OH is 1. The van der Waals surface area contributed by atoms with Crippen LogP contribution in [0.1, 0.15) is 11.3 Å². The van der Waals surface area contributed by atoms with Crippen LogP contribution in [0, 0.1) is 0 Å². The van der Waals surface area contributed by atoms with Crippen molar-refractivity contribution in [1.29, 1.82) is 0 Å². The molecule has 1 heterocycles. The lowest BCUT2D eigenvalue weighted by Crippen LogP contribution is -2.34. The van der Waals surface area contributed by atoms with E-state index in [-0.39, 0.29) is 18.9 Å². The van der Waals surface area contributed by atoms with Crippen molar-refractivity contribution in [1.82, 2.24) is 10.5 Å². The Labute approximate surface area is 146 Å². The second-order valence-corrected chi connectivity index (χ2v) is 5.87. The standard InChI is InChI=1S/C20H20N2O3/c23-18(11-15-7-3-1-4-8-15)14-21-20(24)13-17-12-19(25-22-17)16-9-5-2-6-10-16/h1-10,12,18,23H,11,13-14H2,(H,21,24)/t18-/m0/s1. The van der Waals surface area contributed by atoms with Gasteiger partial charge in [0, 0.05) is 24.6 Å². The van der Waals surface area contributed by atoms with Crippen LogP contribution in [0.5, 0.6) is 0 Å². The molecule has 1 aromatic heterocycles. The molecule has 0 saturated carbocycles. The number of nitrogens with one attached hydrogen (secondary N) is 1. The van der Waals surface area contributed by atoms with Crippen molar-refractivity contribution in [3.8, 4) is 11.3 Å². The fourth-order valence-electron chi connectivity index (χ4n) is 2.55. The second-order valence-electron chi connectivity index (χ2n) is 5.87. The van der Waals surface area contributed by atoms with E-state index in [1.165, 1.54) is 0 Å². The highest BCUT2D eigenvalue weighted by molar-refractivity contribution is 5.78. The van der Waals surface area contributed by atoms with Gasteiger partial charge in [0.2, 0.25) is 5.91 Å². The molecule has 0 spiro atoms. The first-order valence-electron chi connectivity index (χ1n) is 8.20. The molecule has 5 heteroatoms. The summed E-state index contributed by atoms with van der Waals surface area (Å²) >= 11 is 0. The van der Waals surface area contributed by atoms with Crippen LogP contribution >= 0.6 is 0 Å². The number of hydrogen-bond acceptors (Lipinski definition) is 4. The summed E-state index contributed by atoms with van der Waals surface area (Å²) in [6.45, 7) is 0.205. The first-order chi connectivity index (χ1) is 12.2. The predicted molar refractivity (Wildman–Crippen MR) is 94.8 cm³/mol. The summed E-state index contributed by atoms with van der Waals surface area (Å²) in [5.41, 5.74) is 2.52. The number of carbonyl (C=O) groups is 1. The first-order valence-corrected chi connectivity index (χ1v) is 8.20. The average molecular weight is 336 g/mol. The molecule has 2 aromatic carbocycles. The Morgan fingerprint density at radius 1 is 1.08 bits per heavy atom. The molecule has 0 bridgehead atoms. The van der Waals surface area contributed by atoms with Gasteiger partial charge in [-0.15, -0.1) is 0 Å². The van der Waals surface area contributed by atoms with Gasteiger partial charge in [-0.2, -0.15) is 0 Å². The normalized spacial score (nSPS) is 11.9. The van der Waals surface area contributed by atoms with E-state index in [4.69, 9.17) is 4.52 Å². The van der Waals surface area contributed by atoms with Gasteiger partial charge < -0.3 is 14.9 Å². The Bertz CT molecular complexity index is 800. The minimum absolute atomic E-state index is 0.119. The lowest BCUT2D eigenvalue weighted by atomic mass is 10.1. The lowest BCUT2D eigenvalue weighted by Gasteiger charge is -2.11. The molecule has 2 N–H and O–H groups in total. The van der Waals surface area contributed by atoms with Gasteiger partial charge >= 0.3 is 0 Å². The van der Waals surface area contributed by atoms with E-state index in [9.17, 15) is 9.90 Å². The highest BCUT2D eigenvalue weighted by Gasteiger charge is 2.12. The van der Waals surface area contributed by atoms with Crippen LogP contribution in [-0.2, 0) is 17.6 Å². The van der Waals surface area contributed by atoms with Gasteiger partial charge in [0.25, 0.3) is 0 Å². The fourth-order valence-corrected chi connectivity index (χ4v) is 2.55. The van der Waals surface area contributed by atoms with Crippen molar-refractivity contribution in [2.45, 2.75) is 18.9 Å². The van der Waals surface area contributed by atoms with Crippen LogP contribution in [0.2, 0.25) is 0 Å². The summed E-state index contributed by atoms with van der Waals surface area (Å²) in [7, 11) is 0. The summed E-state index contributed by atoms with van der Waals surface area (Å²) < 4.78 is 5.28. The maximum absolute atomic E-state index is 12.0. The second kappa shape index (κ2) is 8.26. The van der Waals surface area contributed by atoms with Gasteiger partial charge in [0.1, 0.15) is 0 Å². The summed E-state index contributed by atoms with van der Waals surface area (Å²) in [6.07, 6.45) is 0.000922. The van der Waals surface area contributed by atoms with E-state index in [1.54, 1.807) is 6.07 Å². The number of benzene rings is 2. The van der Waals surface area contributed by atoms with Gasteiger partial charge in [-0.1, -0.05) is 65.8 Å². The summed E-state index contributed by atoms with van der Waals surface area (Å²) in [4.78, 5) is 12.0. The summed E-state index contributed by atoms with van der Waals surface area (Å²) in [5, 5.41) is 16.7. The molecule has 5 nitrogen and oxygen atoms in total. The molecule has 0 unspecified atom stereocenters. The van der Waals surface area contributed by atoms with Crippen molar-refractivity contribution in [3.63, 3.8) is 0 Å². The van der Waals surface area contributed by atoms with Gasteiger partial charge in [-0.05, 0) is 5.56 Å². The zero-order valence-corrected chi connectivity index (χ0v) is 13.8. The van der Waals surface area contributed by atoms with Crippen LogP contribution in [0.3, 0.4) is 0 Å². The third-order valence-electron chi connectivity index (χ3n) is 3.81. The van der Waals surface area contributed by atoms with Crippen molar-refractivity contribution < 1.29 is 14.4 Å². The monoisotopic (exact) mass is 336 g/mol. The molecular formula is C20H20N2O3. The fraction of sp³-hybridized carbons (Fsp3) is 0.200. The largest absolute Gasteiger partial charge is 0.391 e. The number of aromatic nitrogens is 1. The molecule has 1 atom stereocenters. The number of aliphatic hydroxyl groups is 1. The number of amides is 1. The molecule has 128 valence electrons. The van der Waals surface area contributed by atoms with Gasteiger partial charge in [-0.25, -0.2) is 0 Å². The molecule has 0 aliphatic heterocycles. The van der Waals surface area contributed by atoms with Crippen molar-refractivity contribution in [3.05, 3.63) is 78.0 Å². The molecule has 0 aliphatic rings. The molecule has 25 heavy (non-hydrogen) atoms. The molecular weight excluding hydrogens is 316 g/mol. The van der Waals surface area contributed by atoms with E-state index in [0.717, 1.165) is 11.1 Å². The van der Waals surface area contributed by atoms with E-state index < -0.39 is 6.10 Å². The lowest BCUT2D eigenvalue weighted by molar-refractivity contribution is -0.121. The summed E-state index contributed by atoms with van der Waals surface area (Å²) in [6, 6.07) is 21.0. The minimum atomic E-state index is -0.622. The molecule has 1 amide bonds. The zero-order chi connectivity index (χ0) is 17.5. The molecule has 0 fully saturated rings. The van der Waals surface area contributed by atoms with Gasteiger partial charge in [0.05, 0.1) is 18.2 Å². The Kier molecular flexibility index (Phi) is 5.59. The molecule has 3 rings (SSSR count). The number of hydrogen-bond donors (Lipinski definition) is 2. The van der Waals surface area contributed by atoms with Crippen LogP contribution in [0.15, 0.2) is 71.3 Å². The highest BCUT2D eigenvalue weighted by atomic mass is 16.5. The third kappa shape index (κ3) is 5.02. The van der Waals surface area contributed by atoms with Crippen LogP contribution < -0.4 is 5.32 Å². The van der Waals surface area contributed by atoms with Crippen molar-refractivity contribution >= 4 is 5.91 Å². The van der Waals surface area contributed by atoms with Crippen molar-refractivity contribution in [2.24, 2.45) is 0 Å². The maximum Gasteiger partial charge on any atom is 0.226 e. The van der Waals surface area contributed by atoms with Gasteiger partial charge in [0.15, 0.2) is 5.76 Å². The van der Waals surface area contributed by atoms with Crippen LogP contribution in [0.4, 0.5) is 0 Å². The van der Waals surface area contributed by atoms with Crippen molar-refractivity contribution in [2.75, 3.05) is 6.54 Å². The van der Waals surface area contributed by atoms with E-state index in [0.29, 0.717) is 17.9 Å². The Hall–Kier alpha value is -2.92. The number of nitrogens with zero attached hydrogens (tertiary/aromatic N) is 1. The van der Waals surface area contributed by atoms with Crippen LogP contribution in [0.25, 0.3) is 11.3 Å². The number of carbonyl (C=O) groups excluding carboxylic acids is 1. The first kappa shape index (κ1) is 16.9. The predicted octanol–water partition coefficient (Wildman–Crippen LogP) is 2.60. The average Bonchev–Trinajstić information content (AvgIpc) is 3.10. The molecule has 3 aromatic rings. The van der Waals surface area contributed by atoms with Gasteiger partial charge in [-0.3, -0.25) is 4.79 Å². The van der Waals surface area contributed by atoms with E-state index >= 15 is 0 Å². The summed E-state index contributed by atoms with van der Waals surface area (Å²) in [5.74, 6) is 0.438. The smallest absolute Gasteiger partial charge is 0.226 e. The topological polar surface area (TPSA) is 75.4 Å². The quantitative estimate of drug-likeness (QED) is 0.695. The number of rotatable bonds is 7. The Balaban J connectivity index is 1.47. The third-order valence-corrected chi connectivity index (χ3v) is 3.81. The van der Waals surface area contributed by atoms with E-state index in [1.807, 2.05) is 60.7 Å². The minimum Gasteiger partial charge on any atom is -0.391 e. The SMILES string of the molecule is O=C(Cc1cc(-c2ccccc2)on1)NC[C@@H](O)Cc1ccccc1. The highest BCUT2D eigenvalue weighted by Crippen LogP contribution is 2.19. The zero-order valence-electron chi connectivity index (χ0n) is 13.8. The molecule has 0 saturated heterocycles.